The van der Waals surface area contributed by atoms with E-state index in [0.29, 0.717) is 17.4 Å². The van der Waals surface area contributed by atoms with Crippen molar-refractivity contribution in [2.45, 2.75) is 12.7 Å². The fraction of sp³-hybridized carbons (Fsp3) is 0.129. The molecule has 4 aromatic rings. The number of imide groups is 1. The minimum Gasteiger partial charge on any atom is -0.489 e. The van der Waals surface area contributed by atoms with Gasteiger partial charge in [-0.1, -0.05) is 35.9 Å². The van der Waals surface area contributed by atoms with Crippen LogP contribution >= 0.6 is 11.6 Å². The van der Waals surface area contributed by atoms with Crippen LogP contribution < -0.4 is 20.1 Å². The number of carbonyl (C=O) groups is 4. The average Bonchev–Trinajstić information content (AvgIpc) is 3.26. The summed E-state index contributed by atoms with van der Waals surface area (Å²) in [6, 6.07) is 16.0. The van der Waals surface area contributed by atoms with Crippen molar-refractivity contribution in [3.63, 3.8) is 0 Å². The number of aromatic carboxylic acids is 1. The lowest BCUT2D eigenvalue weighted by atomic mass is 10.1. The van der Waals surface area contributed by atoms with Crippen LogP contribution in [0.2, 0.25) is 5.02 Å². The quantitative estimate of drug-likeness (QED) is 0.170. The van der Waals surface area contributed by atoms with Gasteiger partial charge in [0, 0.05) is 24.9 Å². The molecule has 0 radical (unpaired) electrons. The molecule has 3 N–H and O–H groups in total. The highest BCUT2D eigenvalue weighted by Gasteiger charge is 2.36. The highest BCUT2D eigenvalue weighted by atomic mass is 35.5. The first-order valence-corrected chi connectivity index (χ1v) is 13.8. The van der Waals surface area contributed by atoms with E-state index in [9.17, 15) is 32.3 Å². The number of hydrogen-bond acceptors (Lipinski definition) is 7. The van der Waals surface area contributed by atoms with E-state index < -0.39 is 40.6 Å². The Morgan fingerprint density at radius 2 is 1.61 bits per heavy atom. The second kappa shape index (κ2) is 13.2. The maximum absolute atomic E-state index is 13.6. The Kier molecular flexibility index (Phi) is 9.09. The van der Waals surface area contributed by atoms with Crippen molar-refractivity contribution >= 4 is 41.1 Å². The summed E-state index contributed by atoms with van der Waals surface area (Å²) in [5, 5.41) is 13.2. The van der Waals surface area contributed by atoms with Gasteiger partial charge in [-0.15, -0.1) is 0 Å². The number of hydrogen-bond donors (Lipinski definition) is 3. The summed E-state index contributed by atoms with van der Waals surface area (Å²) >= 11 is 5.88. The number of pyridine rings is 1. The minimum atomic E-state index is -4.84. The Bertz CT molecular complexity index is 1800. The molecule has 5 rings (SSSR count). The van der Waals surface area contributed by atoms with Crippen molar-refractivity contribution < 1.29 is 46.9 Å². The second-order valence-electron chi connectivity index (χ2n) is 9.72. The molecule has 46 heavy (non-hydrogen) atoms. The summed E-state index contributed by atoms with van der Waals surface area (Å²) in [4.78, 5) is 53.7. The van der Waals surface area contributed by atoms with Gasteiger partial charge in [0.25, 0.3) is 11.8 Å². The molecule has 0 unspecified atom stereocenters. The van der Waals surface area contributed by atoms with E-state index in [1.807, 2.05) is 0 Å². The third-order valence-electron chi connectivity index (χ3n) is 6.64. The SMILES string of the molecule is O=C(NCc1ccc(Oc2ccnc(C(=O)O)c2)cc1)Nc1cc(C(F)(F)F)c(Cl)cc1OCCN1C(=O)c2ccccc2C1=O. The van der Waals surface area contributed by atoms with Gasteiger partial charge >= 0.3 is 18.2 Å². The van der Waals surface area contributed by atoms with Crippen LogP contribution in [0.5, 0.6) is 17.2 Å². The number of alkyl halides is 3. The standard InChI is InChI=1S/C31H22ClF3N4O7/c32-23-15-26(45-12-11-39-27(40)20-3-1-2-4-21(20)28(39)41)24(14-22(23)31(33,34)35)38-30(44)37-16-17-5-7-18(8-6-17)46-19-9-10-36-25(13-19)29(42)43/h1-10,13-15H,11-12,16H2,(H,42,43)(H2,37,38,44). The molecule has 15 heteroatoms. The lowest BCUT2D eigenvalue weighted by molar-refractivity contribution is -0.137. The Morgan fingerprint density at radius 1 is 0.935 bits per heavy atom. The zero-order valence-corrected chi connectivity index (χ0v) is 24.2. The van der Waals surface area contributed by atoms with Gasteiger partial charge in [-0.25, -0.2) is 14.6 Å². The highest BCUT2D eigenvalue weighted by molar-refractivity contribution is 6.31. The maximum Gasteiger partial charge on any atom is 0.417 e. The summed E-state index contributed by atoms with van der Waals surface area (Å²) in [5.41, 5.74) is -0.684. The van der Waals surface area contributed by atoms with E-state index in [0.717, 1.165) is 11.0 Å². The van der Waals surface area contributed by atoms with E-state index >= 15 is 0 Å². The van der Waals surface area contributed by atoms with Crippen LogP contribution in [0, 0.1) is 0 Å². The number of fused-ring (bicyclic) bond motifs is 1. The maximum atomic E-state index is 13.6. The summed E-state index contributed by atoms with van der Waals surface area (Å²) in [6.07, 6.45) is -3.54. The molecule has 0 aliphatic carbocycles. The number of carboxylic acids is 1. The van der Waals surface area contributed by atoms with Crippen molar-refractivity contribution in [1.29, 1.82) is 0 Å². The molecule has 0 saturated heterocycles. The van der Waals surface area contributed by atoms with Crippen molar-refractivity contribution in [1.82, 2.24) is 15.2 Å². The molecule has 0 atom stereocenters. The van der Waals surface area contributed by atoms with Crippen LogP contribution in [-0.4, -0.2) is 52.0 Å². The number of carboxylic acid groups (broad SMARTS) is 1. The van der Waals surface area contributed by atoms with Gasteiger partial charge < -0.3 is 25.2 Å². The summed E-state index contributed by atoms with van der Waals surface area (Å²) < 4.78 is 52.0. The molecule has 3 aromatic carbocycles. The molecule has 11 nitrogen and oxygen atoms in total. The molecular weight excluding hydrogens is 633 g/mol. The van der Waals surface area contributed by atoms with Crippen LogP contribution in [0.25, 0.3) is 0 Å². The van der Waals surface area contributed by atoms with E-state index in [-0.39, 0.29) is 53.7 Å². The molecule has 0 saturated carbocycles. The van der Waals surface area contributed by atoms with Crippen molar-refractivity contribution in [2.24, 2.45) is 0 Å². The number of rotatable bonds is 10. The average molecular weight is 655 g/mol. The summed E-state index contributed by atoms with van der Waals surface area (Å²) in [7, 11) is 0. The molecule has 1 aromatic heterocycles. The van der Waals surface area contributed by atoms with Gasteiger partial charge in [-0.2, -0.15) is 13.2 Å². The Morgan fingerprint density at radius 3 is 2.24 bits per heavy atom. The van der Waals surface area contributed by atoms with Crippen LogP contribution in [0.15, 0.2) is 79.0 Å². The summed E-state index contributed by atoms with van der Waals surface area (Å²) in [6.45, 7) is -0.534. The first kappa shape index (κ1) is 31.8. The number of urea groups is 1. The van der Waals surface area contributed by atoms with Gasteiger partial charge in [-0.3, -0.25) is 14.5 Å². The first-order valence-electron chi connectivity index (χ1n) is 13.4. The number of carbonyl (C=O) groups excluding carboxylic acids is 3. The van der Waals surface area contributed by atoms with Crippen molar-refractivity contribution in [2.75, 3.05) is 18.5 Å². The van der Waals surface area contributed by atoms with Gasteiger partial charge in [0.15, 0.2) is 5.69 Å². The molecule has 236 valence electrons. The van der Waals surface area contributed by atoms with E-state index in [2.05, 4.69) is 15.6 Å². The Labute approximate surface area is 263 Å². The Balaban J connectivity index is 1.22. The van der Waals surface area contributed by atoms with E-state index in [4.69, 9.17) is 26.2 Å². The van der Waals surface area contributed by atoms with E-state index in [1.165, 1.54) is 30.5 Å². The molecule has 0 spiro atoms. The highest BCUT2D eigenvalue weighted by Crippen LogP contribution is 2.40. The molecule has 4 amide bonds. The largest absolute Gasteiger partial charge is 0.489 e. The van der Waals surface area contributed by atoms with E-state index in [1.54, 1.807) is 36.4 Å². The molecule has 0 fully saturated rings. The normalized spacial score (nSPS) is 12.5. The smallest absolute Gasteiger partial charge is 0.417 e. The molecule has 0 bridgehead atoms. The van der Waals surface area contributed by atoms with Gasteiger partial charge in [0.2, 0.25) is 0 Å². The third-order valence-corrected chi connectivity index (χ3v) is 6.95. The predicted octanol–water partition coefficient (Wildman–Crippen LogP) is 6.24. The zero-order valence-electron chi connectivity index (χ0n) is 23.4. The topological polar surface area (TPSA) is 147 Å². The molecule has 2 heterocycles. The third kappa shape index (κ3) is 7.18. The Hall–Kier alpha value is -5.63. The molecule has 1 aliphatic heterocycles. The number of amides is 4. The number of anilines is 1. The number of ether oxygens (including phenoxy) is 2. The van der Waals surface area contributed by atoms with Gasteiger partial charge in [0.1, 0.15) is 23.9 Å². The van der Waals surface area contributed by atoms with Gasteiger partial charge in [0.05, 0.1) is 33.9 Å². The lowest BCUT2D eigenvalue weighted by Crippen LogP contribution is -2.33. The van der Waals surface area contributed by atoms with Crippen LogP contribution in [0.4, 0.5) is 23.7 Å². The number of nitrogens with zero attached hydrogens (tertiary/aromatic N) is 2. The van der Waals surface area contributed by atoms with Crippen LogP contribution in [-0.2, 0) is 12.7 Å². The second-order valence-corrected chi connectivity index (χ2v) is 10.1. The van der Waals surface area contributed by atoms with Crippen LogP contribution in [0.1, 0.15) is 42.3 Å². The minimum absolute atomic E-state index is 0.0276. The fourth-order valence-corrected chi connectivity index (χ4v) is 4.69. The summed E-state index contributed by atoms with van der Waals surface area (Å²) in [5.74, 6) is -1.86. The van der Waals surface area contributed by atoms with Gasteiger partial charge in [-0.05, 0) is 42.0 Å². The first-order chi connectivity index (χ1) is 21.9. The van der Waals surface area contributed by atoms with Crippen molar-refractivity contribution in [3.05, 3.63) is 112 Å². The predicted molar refractivity (Wildman–Crippen MR) is 157 cm³/mol. The fourth-order valence-electron chi connectivity index (χ4n) is 4.43. The monoisotopic (exact) mass is 654 g/mol. The molecule has 1 aliphatic rings. The lowest BCUT2D eigenvalue weighted by Gasteiger charge is -2.19. The van der Waals surface area contributed by atoms with Crippen LogP contribution in [0.3, 0.4) is 0 Å². The number of aromatic nitrogens is 1. The number of nitrogens with one attached hydrogen (secondary N) is 2. The zero-order chi connectivity index (χ0) is 33.0. The molecular formula is C31H22ClF3N4O7. The van der Waals surface area contributed by atoms with Crippen molar-refractivity contribution in [3.8, 4) is 17.2 Å². The number of benzene rings is 3. The number of halogens is 4.